The van der Waals surface area contributed by atoms with Crippen molar-refractivity contribution in [2.75, 3.05) is 5.32 Å². The number of hydrogen-bond donors (Lipinski definition) is 1. The molecular formula is C23H14BrF3N2O2. The molecule has 0 aliphatic rings. The molecule has 4 aromatic rings. The molecule has 0 fully saturated rings. The molecule has 0 radical (unpaired) electrons. The number of nitrogens with zero attached hydrogens (tertiary/aromatic N) is 1. The second-order valence-electron chi connectivity index (χ2n) is 6.61. The fourth-order valence-corrected chi connectivity index (χ4v) is 3.25. The molecule has 0 atom stereocenters. The summed E-state index contributed by atoms with van der Waals surface area (Å²) in [6.07, 6.45) is -2.94. The number of nitrogens with one attached hydrogen (secondary N) is 1. The van der Waals surface area contributed by atoms with Crippen molar-refractivity contribution in [1.82, 2.24) is 4.98 Å². The van der Waals surface area contributed by atoms with Crippen molar-refractivity contribution < 1.29 is 22.4 Å². The van der Waals surface area contributed by atoms with Gasteiger partial charge in [0, 0.05) is 21.3 Å². The van der Waals surface area contributed by atoms with Gasteiger partial charge in [0.05, 0.1) is 17.3 Å². The fourth-order valence-electron chi connectivity index (χ4n) is 2.99. The number of aromatic nitrogens is 1. The van der Waals surface area contributed by atoms with Crippen molar-refractivity contribution in [3.8, 4) is 22.8 Å². The summed E-state index contributed by atoms with van der Waals surface area (Å²) in [5.41, 5.74) is 0.662. The number of anilines is 1. The van der Waals surface area contributed by atoms with E-state index in [-0.39, 0.29) is 17.1 Å². The van der Waals surface area contributed by atoms with E-state index < -0.39 is 17.6 Å². The number of hydrogen-bond acceptors (Lipinski definition) is 3. The molecule has 4 rings (SSSR count). The van der Waals surface area contributed by atoms with Gasteiger partial charge in [0.15, 0.2) is 5.76 Å². The van der Waals surface area contributed by atoms with E-state index in [1.54, 1.807) is 30.5 Å². The lowest BCUT2D eigenvalue weighted by atomic mass is 10.1. The third-order valence-corrected chi connectivity index (χ3v) is 5.01. The predicted octanol–water partition coefficient (Wildman–Crippen LogP) is 7.04. The number of alkyl halides is 3. The summed E-state index contributed by atoms with van der Waals surface area (Å²) in [4.78, 5) is 17.1. The van der Waals surface area contributed by atoms with E-state index in [0.717, 1.165) is 22.2 Å². The molecule has 3 aromatic carbocycles. The number of benzene rings is 3. The molecule has 31 heavy (non-hydrogen) atoms. The topological polar surface area (TPSA) is 55.1 Å². The van der Waals surface area contributed by atoms with Gasteiger partial charge in [-0.1, -0.05) is 46.3 Å². The Morgan fingerprint density at radius 2 is 1.71 bits per heavy atom. The van der Waals surface area contributed by atoms with Gasteiger partial charge in [-0.25, -0.2) is 4.98 Å². The molecule has 8 heteroatoms. The Bertz CT molecular complexity index is 1230. The highest BCUT2D eigenvalue weighted by Crippen LogP contribution is 2.32. The summed E-state index contributed by atoms with van der Waals surface area (Å²) in [5.74, 6) is 0.182. The average Bonchev–Trinajstić information content (AvgIpc) is 3.24. The first-order valence-electron chi connectivity index (χ1n) is 9.11. The smallest absolute Gasteiger partial charge is 0.416 e. The summed E-state index contributed by atoms with van der Waals surface area (Å²) in [6.45, 7) is 0. The highest BCUT2D eigenvalue weighted by molar-refractivity contribution is 9.10. The summed E-state index contributed by atoms with van der Waals surface area (Å²) in [7, 11) is 0. The van der Waals surface area contributed by atoms with Crippen LogP contribution in [0.25, 0.3) is 22.8 Å². The molecule has 0 bridgehead atoms. The van der Waals surface area contributed by atoms with Crippen molar-refractivity contribution in [3.63, 3.8) is 0 Å². The van der Waals surface area contributed by atoms with E-state index in [1.807, 2.05) is 24.3 Å². The number of amides is 1. The number of carbonyl (C=O) groups excluding carboxylic acids is 1. The van der Waals surface area contributed by atoms with Gasteiger partial charge in [-0.2, -0.15) is 13.2 Å². The molecule has 1 heterocycles. The van der Waals surface area contributed by atoms with Crippen LogP contribution in [-0.4, -0.2) is 10.9 Å². The van der Waals surface area contributed by atoms with Gasteiger partial charge in [0.2, 0.25) is 5.89 Å². The van der Waals surface area contributed by atoms with Crippen molar-refractivity contribution in [3.05, 3.63) is 94.6 Å². The summed E-state index contributed by atoms with van der Waals surface area (Å²) in [6, 6.07) is 18.5. The molecule has 0 aliphatic heterocycles. The predicted molar refractivity (Wildman–Crippen MR) is 114 cm³/mol. The van der Waals surface area contributed by atoms with Gasteiger partial charge in [0.25, 0.3) is 5.91 Å². The minimum atomic E-state index is -4.50. The van der Waals surface area contributed by atoms with Crippen molar-refractivity contribution >= 4 is 27.5 Å². The lowest BCUT2D eigenvalue weighted by molar-refractivity contribution is -0.137. The van der Waals surface area contributed by atoms with Gasteiger partial charge in [0.1, 0.15) is 0 Å². The largest absolute Gasteiger partial charge is 0.436 e. The molecule has 0 aliphatic carbocycles. The minimum Gasteiger partial charge on any atom is -0.436 e. The summed E-state index contributed by atoms with van der Waals surface area (Å²) < 4.78 is 45.6. The standard InChI is InChI=1S/C23H14BrF3N2O2/c24-16-10-8-14(9-11-16)20-13-28-22(31-20)19-7-2-1-6-18(19)21(30)29-17-5-3-4-15(12-17)23(25,26)27/h1-13H,(H,29,30). The van der Waals surface area contributed by atoms with E-state index >= 15 is 0 Å². The Morgan fingerprint density at radius 1 is 0.968 bits per heavy atom. The molecule has 0 saturated carbocycles. The minimum absolute atomic E-state index is 0.0394. The number of oxazole rings is 1. The van der Waals surface area contributed by atoms with E-state index in [4.69, 9.17) is 4.42 Å². The van der Waals surface area contributed by atoms with E-state index in [2.05, 4.69) is 26.2 Å². The average molecular weight is 487 g/mol. The highest BCUT2D eigenvalue weighted by Gasteiger charge is 2.30. The highest BCUT2D eigenvalue weighted by atomic mass is 79.9. The maximum atomic E-state index is 12.9. The van der Waals surface area contributed by atoms with Gasteiger partial charge in [-0.05, 0) is 42.5 Å². The maximum Gasteiger partial charge on any atom is 0.416 e. The van der Waals surface area contributed by atoms with Crippen LogP contribution >= 0.6 is 15.9 Å². The molecule has 156 valence electrons. The second kappa shape index (κ2) is 8.39. The number of carbonyl (C=O) groups is 1. The Kier molecular flexibility index (Phi) is 5.65. The lowest BCUT2D eigenvalue weighted by Crippen LogP contribution is -2.14. The monoisotopic (exact) mass is 486 g/mol. The number of rotatable bonds is 4. The second-order valence-corrected chi connectivity index (χ2v) is 7.53. The van der Waals surface area contributed by atoms with Crippen LogP contribution in [0.5, 0.6) is 0 Å². The molecule has 1 N–H and O–H groups in total. The zero-order chi connectivity index (χ0) is 22.0. The van der Waals surface area contributed by atoms with Gasteiger partial charge < -0.3 is 9.73 Å². The molecular weight excluding hydrogens is 473 g/mol. The normalized spacial score (nSPS) is 11.4. The quantitative estimate of drug-likeness (QED) is 0.336. The first kappa shape index (κ1) is 20.9. The van der Waals surface area contributed by atoms with Crippen LogP contribution in [0.4, 0.5) is 18.9 Å². The molecule has 1 amide bonds. The zero-order valence-corrected chi connectivity index (χ0v) is 17.4. The molecule has 1 aromatic heterocycles. The Labute approximate surface area is 183 Å². The van der Waals surface area contributed by atoms with Crippen LogP contribution < -0.4 is 5.32 Å². The number of halogens is 4. The first-order valence-corrected chi connectivity index (χ1v) is 9.90. The van der Waals surface area contributed by atoms with Gasteiger partial charge in [-0.3, -0.25) is 4.79 Å². The third kappa shape index (κ3) is 4.69. The van der Waals surface area contributed by atoms with Gasteiger partial charge >= 0.3 is 6.18 Å². The van der Waals surface area contributed by atoms with Crippen LogP contribution in [0.3, 0.4) is 0 Å². The van der Waals surface area contributed by atoms with Gasteiger partial charge in [-0.15, -0.1) is 0 Å². The fraction of sp³-hybridized carbons (Fsp3) is 0.0435. The molecule has 0 spiro atoms. The van der Waals surface area contributed by atoms with E-state index in [0.29, 0.717) is 11.3 Å². The van der Waals surface area contributed by atoms with Crippen LogP contribution in [-0.2, 0) is 6.18 Å². The molecule has 0 saturated heterocycles. The van der Waals surface area contributed by atoms with Crippen LogP contribution in [0.15, 0.2) is 87.9 Å². The zero-order valence-electron chi connectivity index (χ0n) is 15.8. The van der Waals surface area contributed by atoms with Crippen molar-refractivity contribution in [2.45, 2.75) is 6.18 Å². The molecule has 0 unspecified atom stereocenters. The lowest BCUT2D eigenvalue weighted by Gasteiger charge is -2.11. The first-order chi connectivity index (χ1) is 14.8. The van der Waals surface area contributed by atoms with E-state index in [9.17, 15) is 18.0 Å². The maximum absolute atomic E-state index is 12.9. The Morgan fingerprint density at radius 3 is 2.45 bits per heavy atom. The summed E-state index contributed by atoms with van der Waals surface area (Å²) >= 11 is 3.37. The van der Waals surface area contributed by atoms with Crippen LogP contribution in [0, 0.1) is 0 Å². The van der Waals surface area contributed by atoms with Crippen molar-refractivity contribution in [2.24, 2.45) is 0 Å². The third-order valence-electron chi connectivity index (χ3n) is 4.48. The molecule has 4 nitrogen and oxygen atoms in total. The van der Waals surface area contributed by atoms with Crippen LogP contribution in [0.2, 0.25) is 0 Å². The Balaban J connectivity index is 1.62. The van der Waals surface area contributed by atoms with Crippen molar-refractivity contribution in [1.29, 1.82) is 0 Å². The Hall–Kier alpha value is -3.39. The summed E-state index contributed by atoms with van der Waals surface area (Å²) in [5, 5.41) is 2.51. The SMILES string of the molecule is O=C(Nc1cccc(C(F)(F)F)c1)c1ccccc1-c1ncc(-c2ccc(Br)cc2)o1. The van der Waals surface area contributed by atoms with Crippen LogP contribution in [0.1, 0.15) is 15.9 Å². The van der Waals surface area contributed by atoms with E-state index in [1.165, 1.54) is 12.1 Å².